The summed E-state index contributed by atoms with van der Waals surface area (Å²) in [5, 5.41) is 18.2. The molecule has 0 fully saturated rings. The molecule has 0 rings (SSSR count). The van der Waals surface area contributed by atoms with Gasteiger partial charge in [-0.05, 0) is 38.5 Å². The molecule has 3 atom stereocenters. The van der Waals surface area contributed by atoms with Crippen LogP contribution < -0.4 is 0 Å². The van der Waals surface area contributed by atoms with Crippen molar-refractivity contribution in [1.29, 1.82) is 0 Å². The summed E-state index contributed by atoms with van der Waals surface area (Å²) in [7, 11) is -4.60. The van der Waals surface area contributed by atoms with Gasteiger partial charge in [0, 0.05) is 12.8 Å². The highest BCUT2D eigenvalue weighted by Crippen LogP contribution is 2.43. The van der Waals surface area contributed by atoms with E-state index in [4.69, 9.17) is 19.1 Å². The van der Waals surface area contributed by atoms with Gasteiger partial charge in [-0.2, -0.15) is 0 Å². The third-order valence-corrected chi connectivity index (χ3v) is 8.62. The van der Waals surface area contributed by atoms with Gasteiger partial charge in [-0.25, -0.2) is 4.57 Å². The van der Waals surface area contributed by atoms with Crippen LogP contribution in [0.15, 0.2) is 12.2 Å². The second-order valence-electron chi connectivity index (χ2n) is 12.3. The minimum atomic E-state index is -4.60. The predicted octanol–water partition coefficient (Wildman–Crippen LogP) is 8.50. The molecule has 0 aromatic carbocycles. The molecule has 3 N–H and O–H groups in total. The van der Waals surface area contributed by atoms with E-state index in [2.05, 4.69) is 30.5 Å². The Morgan fingerprint density at radius 1 is 0.630 bits per heavy atom. The zero-order valence-electron chi connectivity index (χ0n) is 29.0. The monoisotopic (exact) mass is 678 g/mol. The predicted molar refractivity (Wildman–Crippen MR) is 182 cm³/mol. The van der Waals surface area contributed by atoms with E-state index in [-0.39, 0.29) is 19.4 Å². The molecule has 0 bridgehead atoms. The average molecular weight is 679 g/mol. The summed E-state index contributed by atoms with van der Waals surface area (Å²) in [5.41, 5.74) is 0. The van der Waals surface area contributed by atoms with E-state index in [9.17, 15) is 24.2 Å². The van der Waals surface area contributed by atoms with Gasteiger partial charge >= 0.3 is 19.8 Å². The lowest BCUT2D eigenvalue weighted by Gasteiger charge is -2.20. The Hall–Kier alpha value is -1.29. The van der Waals surface area contributed by atoms with Crippen molar-refractivity contribution in [1.82, 2.24) is 0 Å². The van der Waals surface area contributed by atoms with Gasteiger partial charge in [0.2, 0.25) is 0 Å². The largest absolute Gasteiger partial charge is 0.472 e. The number of allylic oxidation sites excluding steroid dienone is 2. The maximum absolute atomic E-state index is 12.5. The van der Waals surface area contributed by atoms with Crippen molar-refractivity contribution in [2.45, 2.75) is 174 Å². The first-order valence-corrected chi connectivity index (χ1v) is 19.6. The first-order valence-electron chi connectivity index (χ1n) is 18.1. The number of unbranched alkanes of at least 4 members (excludes halogenated alkanes) is 18. The molecule has 10 nitrogen and oxygen atoms in total. The van der Waals surface area contributed by atoms with Crippen LogP contribution in [0.3, 0.4) is 0 Å². The maximum Gasteiger partial charge on any atom is 0.472 e. The number of hydrogen-bond acceptors (Lipinski definition) is 9. The molecule has 0 spiro atoms. The van der Waals surface area contributed by atoms with Crippen LogP contribution in [0.2, 0.25) is 0 Å². The van der Waals surface area contributed by atoms with Crippen LogP contribution in [-0.2, 0) is 32.7 Å². The number of esters is 2. The standard InChI is InChI=1S/C35H67O10P/c1-3-5-7-9-11-13-15-16-17-19-21-23-25-27-35(39)45-33(31-44-46(40,41)43-29-32(37)28-36)30-42-34(38)26-24-22-20-18-14-12-10-8-6-4-2/h13,15,32-33,36-37H,3-12,14,16-31H2,1-2H3,(H,40,41)/b15-13-/t32-,33+/m0/s1. The molecular formula is C35H67O10P. The summed E-state index contributed by atoms with van der Waals surface area (Å²) in [6, 6.07) is 0. The lowest BCUT2D eigenvalue weighted by molar-refractivity contribution is -0.161. The number of carbonyl (C=O) groups is 2. The van der Waals surface area contributed by atoms with Crippen molar-refractivity contribution in [2.24, 2.45) is 0 Å². The molecule has 272 valence electrons. The topological polar surface area (TPSA) is 149 Å². The summed E-state index contributed by atoms with van der Waals surface area (Å²) in [4.78, 5) is 34.7. The molecule has 0 aliphatic carbocycles. The number of phosphoric ester groups is 1. The van der Waals surface area contributed by atoms with Crippen LogP contribution >= 0.6 is 7.82 Å². The van der Waals surface area contributed by atoms with Gasteiger partial charge < -0.3 is 24.6 Å². The zero-order chi connectivity index (χ0) is 34.1. The van der Waals surface area contributed by atoms with Gasteiger partial charge in [-0.3, -0.25) is 18.6 Å². The lowest BCUT2D eigenvalue weighted by Crippen LogP contribution is -2.29. The van der Waals surface area contributed by atoms with Gasteiger partial charge in [-0.1, -0.05) is 122 Å². The van der Waals surface area contributed by atoms with Crippen molar-refractivity contribution >= 4 is 19.8 Å². The highest BCUT2D eigenvalue weighted by atomic mass is 31.2. The van der Waals surface area contributed by atoms with Gasteiger partial charge in [0.1, 0.15) is 12.7 Å². The van der Waals surface area contributed by atoms with Crippen LogP contribution in [0.1, 0.15) is 162 Å². The molecule has 0 radical (unpaired) electrons. The van der Waals surface area contributed by atoms with Gasteiger partial charge in [0.15, 0.2) is 6.10 Å². The van der Waals surface area contributed by atoms with E-state index >= 15 is 0 Å². The molecule has 46 heavy (non-hydrogen) atoms. The summed E-state index contributed by atoms with van der Waals surface area (Å²) in [6.07, 6.45) is 26.1. The van der Waals surface area contributed by atoms with E-state index in [0.717, 1.165) is 57.8 Å². The second kappa shape index (κ2) is 32.3. The van der Waals surface area contributed by atoms with Crippen molar-refractivity contribution in [3.63, 3.8) is 0 Å². The zero-order valence-corrected chi connectivity index (χ0v) is 29.9. The number of rotatable bonds is 34. The molecular weight excluding hydrogens is 611 g/mol. The molecule has 1 unspecified atom stereocenters. The Morgan fingerprint density at radius 3 is 1.59 bits per heavy atom. The smallest absolute Gasteiger partial charge is 0.462 e. The van der Waals surface area contributed by atoms with E-state index in [1.165, 1.54) is 64.2 Å². The average Bonchev–Trinajstić information content (AvgIpc) is 3.04. The van der Waals surface area contributed by atoms with Crippen LogP contribution in [0.4, 0.5) is 0 Å². The molecule has 0 heterocycles. The van der Waals surface area contributed by atoms with Gasteiger partial charge in [0.05, 0.1) is 19.8 Å². The lowest BCUT2D eigenvalue weighted by atomic mass is 10.1. The van der Waals surface area contributed by atoms with E-state index in [0.29, 0.717) is 12.8 Å². The fourth-order valence-electron chi connectivity index (χ4n) is 4.81. The second-order valence-corrected chi connectivity index (χ2v) is 13.7. The molecule has 0 saturated carbocycles. The number of aliphatic hydroxyl groups is 2. The number of ether oxygens (including phenoxy) is 2. The molecule has 0 amide bonds. The van der Waals surface area contributed by atoms with Gasteiger partial charge in [0.25, 0.3) is 0 Å². The molecule has 11 heteroatoms. The summed E-state index contributed by atoms with van der Waals surface area (Å²) in [5.74, 6) is -0.934. The van der Waals surface area contributed by atoms with E-state index < -0.39 is 51.8 Å². The highest BCUT2D eigenvalue weighted by Gasteiger charge is 2.27. The normalized spacial score (nSPS) is 14.3. The van der Waals surface area contributed by atoms with Crippen LogP contribution in [0.5, 0.6) is 0 Å². The Balaban J connectivity index is 4.41. The number of phosphoric acid groups is 1. The Labute approximate surface area is 279 Å². The third-order valence-electron chi connectivity index (χ3n) is 7.67. The summed E-state index contributed by atoms with van der Waals surface area (Å²) < 4.78 is 32.5. The summed E-state index contributed by atoms with van der Waals surface area (Å²) >= 11 is 0. The van der Waals surface area contributed by atoms with Crippen LogP contribution in [0, 0.1) is 0 Å². The van der Waals surface area contributed by atoms with Crippen molar-refractivity contribution in [3.05, 3.63) is 12.2 Å². The van der Waals surface area contributed by atoms with Crippen LogP contribution in [-0.4, -0.2) is 65.7 Å². The Morgan fingerprint density at radius 2 is 1.07 bits per heavy atom. The number of hydrogen-bond donors (Lipinski definition) is 3. The minimum Gasteiger partial charge on any atom is -0.462 e. The minimum absolute atomic E-state index is 0.177. The molecule has 0 aromatic heterocycles. The fraction of sp³-hybridized carbons (Fsp3) is 0.886. The van der Waals surface area contributed by atoms with Crippen molar-refractivity contribution in [2.75, 3.05) is 26.4 Å². The van der Waals surface area contributed by atoms with Crippen LogP contribution in [0.25, 0.3) is 0 Å². The third kappa shape index (κ3) is 31.3. The first-order chi connectivity index (χ1) is 22.2. The first kappa shape index (κ1) is 44.7. The molecule has 0 aromatic rings. The maximum atomic E-state index is 12.5. The molecule has 0 aliphatic heterocycles. The fourth-order valence-corrected chi connectivity index (χ4v) is 5.60. The van der Waals surface area contributed by atoms with E-state index in [1.807, 2.05) is 0 Å². The van der Waals surface area contributed by atoms with Gasteiger partial charge in [-0.15, -0.1) is 0 Å². The molecule has 0 saturated heterocycles. The van der Waals surface area contributed by atoms with Crippen molar-refractivity contribution in [3.8, 4) is 0 Å². The number of aliphatic hydroxyl groups excluding tert-OH is 2. The SMILES string of the molecule is CCCCCC/C=C\CCCCCCCC(=O)O[C@H](COC(=O)CCCCCCCCCCCC)COP(=O)(O)OC[C@@H](O)CO. The summed E-state index contributed by atoms with van der Waals surface area (Å²) in [6.45, 7) is 2.32. The Bertz CT molecular complexity index is 791. The number of carbonyl (C=O) groups excluding carboxylic acids is 2. The van der Waals surface area contributed by atoms with Crippen molar-refractivity contribution < 1.29 is 47.8 Å². The molecule has 0 aliphatic rings. The highest BCUT2D eigenvalue weighted by molar-refractivity contribution is 7.47. The Kier molecular flexibility index (Phi) is 31.4. The quantitative estimate of drug-likeness (QED) is 0.0262. The van der Waals surface area contributed by atoms with E-state index in [1.54, 1.807) is 0 Å².